The fourth-order valence-corrected chi connectivity index (χ4v) is 6.11. The number of hydrogen-bond donors (Lipinski definition) is 1. The number of nitrogens with one attached hydrogen (secondary N) is 1. The van der Waals surface area contributed by atoms with Crippen LogP contribution in [0.4, 0.5) is 5.69 Å². The van der Waals surface area contributed by atoms with Gasteiger partial charge in [-0.2, -0.15) is 0 Å². The van der Waals surface area contributed by atoms with Crippen LogP contribution in [0.15, 0.2) is 30.3 Å². The predicted molar refractivity (Wildman–Crippen MR) is 126 cm³/mol. The Labute approximate surface area is 189 Å². The van der Waals surface area contributed by atoms with Crippen LogP contribution < -0.4 is 5.32 Å². The van der Waals surface area contributed by atoms with Crippen molar-refractivity contribution in [2.45, 2.75) is 63.8 Å². The van der Waals surface area contributed by atoms with E-state index in [0.29, 0.717) is 0 Å². The van der Waals surface area contributed by atoms with Crippen LogP contribution in [0.1, 0.15) is 61.5 Å². The van der Waals surface area contributed by atoms with E-state index in [9.17, 15) is 4.79 Å². The van der Waals surface area contributed by atoms with Gasteiger partial charge < -0.3 is 5.32 Å². The lowest BCUT2D eigenvalue weighted by Gasteiger charge is -2.27. The Balaban J connectivity index is 0.00000240. The van der Waals surface area contributed by atoms with Gasteiger partial charge in [0.1, 0.15) is 0 Å². The van der Waals surface area contributed by atoms with E-state index in [-0.39, 0.29) is 23.7 Å². The highest BCUT2D eigenvalue weighted by atomic mass is 35.5. The third kappa shape index (κ3) is 4.66. The van der Waals surface area contributed by atoms with Gasteiger partial charge in [-0.3, -0.25) is 9.69 Å². The van der Waals surface area contributed by atoms with Gasteiger partial charge in [0.15, 0.2) is 0 Å². The largest absolute Gasteiger partial charge is 0.325 e. The molecule has 158 valence electrons. The van der Waals surface area contributed by atoms with Crippen molar-refractivity contribution in [3.05, 3.63) is 50.7 Å². The smallest absolute Gasteiger partial charge is 0.235 e. The molecule has 0 bridgehead atoms. The number of halogens is 2. The summed E-state index contributed by atoms with van der Waals surface area (Å²) in [6, 6.07) is 10.3. The molecule has 4 rings (SSSR count). The van der Waals surface area contributed by atoms with E-state index in [1.165, 1.54) is 35.3 Å². The summed E-state index contributed by atoms with van der Waals surface area (Å²) >= 11 is 7.89. The Morgan fingerprint density at radius 1 is 1.21 bits per heavy atom. The van der Waals surface area contributed by atoms with E-state index in [1.54, 1.807) is 11.3 Å². The summed E-state index contributed by atoms with van der Waals surface area (Å²) in [7, 11) is 0. The minimum Gasteiger partial charge on any atom is -0.325 e. The molecule has 0 radical (unpaired) electrons. The fraction of sp³-hybridized carbons (Fsp3) is 0.522. The Morgan fingerprint density at radius 2 is 2.00 bits per heavy atom. The summed E-state index contributed by atoms with van der Waals surface area (Å²) in [4.78, 5) is 16.7. The topological polar surface area (TPSA) is 32.3 Å². The number of para-hydroxylation sites is 1. The van der Waals surface area contributed by atoms with Crippen molar-refractivity contribution in [2.75, 3.05) is 18.4 Å². The zero-order valence-electron chi connectivity index (χ0n) is 17.0. The number of unbranched alkanes of at least 4 members (excludes halogenated alkanes) is 3. The first kappa shape index (κ1) is 22.6. The molecule has 0 fully saturated rings. The normalized spacial score (nSPS) is 20.7. The predicted octanol–water partition coefficient (Wildman–Crippen LogP) is 6.43. The molecule has 1 aromatic heterocycles. The van der Waals surface area contributed by atoms with E-state index < -0.39 is 0 Å². The molecule has 6 heteroatoms. The maximum absolute atomic E-state index is 12.7. The van der Waals surface area contributed by atoms with Gasteiger partial charge in [0.25, 0.3) is 0 Å². The summed E-state index contributed by atoms with van der Waals surface area (Å²) in [5, 5.41) is 3.09. The number of amides is 1. The highest BCUT2D eigenvalue weighted by Gasteiger charge is 2.44. The van der Waals surface area contributed by atoms with E-state index in [0.717, 1.165) is 55.3 Å². The van der Waals surface area contributed by atoms with Crippen molar-refractivity contribution in [3.8, 4) is 0 Å². The second-order valence-electron chi connectivity index (χ2n) is 8.12. The number of carbonyl (C=O) groups excluding carboxylic acids is 1. The quantitative estimate of drug-likeness (QED) is 0.467. The van der Waals surface area contributed by atoms with Gasteiger partial charge in [0.2, 0.25) is 5.91 Å². The maximum atomic E-state index is 12.7. The molecule has 2 aliphatic rings. The standard InChI is InChI=1S/C23H29ClN2OS.ClH/c1-2-23(18-9-5-6-10-19(18)25-22(23)27)12-7-3-4-8-13-26-14-11-20-17(16-26)15-21(24)28-20;/h5-6,9-10,15H,2-4,7-8,11-14,16H2,1H3,(H,25,27);1H. The monoisotopic (exact) mass is 452 g/mol. The number of carbonyl (C=O) groups is 1. The van der Waals surface area contributed by atoms with Crippen LogP contribution >= 0.6 is 35.3 Å². The number of nitrogens with zero attached hydrogens (tertiary/aromatic N) is 1. The minimum absolute atomic E-state index is 0. The molecular weight excluding hydrogens is 423 g/mol. The Kier molecular flexibility index (Phi) is 7.66. The van der Waals surface area contributed by atoms with Crippen molar-refractivity contribution < 1.29 is 4.79 Å². The molecule has 2 aromatic rings. The molecule has 1 atom stereocenters. The van der Waals surface area contributed by atoms with Crippen LogP contribution in [0.5, 0.6) is 0 Å². The molecule has 1 N–H and O–H groups in total. The Hall–Kier alpha value is -1.07. The lowest BCUT2D eigenvalue weighted by atomic mass is 9.75. The molecule has 0 aliphatic carbocycles. The first-order chi connectivity index (χ1) is 13.6. The molecule has 3 heterocycles. The number of fused-ring (bicyclic) bond motifs is 2. The molecule has 29 heavy (non-hydrogen) atoms. The van der Waals surface area contributed by atoms with Crippen molar-refractivity contribution in [2.24, 2.45) is 0 Å². The van der Waals surface area contributed by atoms with Crippen LogP contribution in [0.2, 0.25) is 4.34 Å². The van der Waals surface area contributed by atoms with E-state index >= 15 is 0 Å². The average molecular weight is 453 g/mol. The molecule has 3 nitrogen and oxygen atoms in total. The molecule has 1 unspecified atom stereocenters. The first-order valence-electron chi connectivity index (χ1n) is 10.5. The fourth-order valence-electron chi connectivity index (χ4n) is 4.81. The summed E-state index contributed by atoms with van der Waals surface area (Å²) in [6.07, 6.45) is 7.73. The second-order valence-corrected chi connectivity index (χ2v) is 9.89. The van der Waals surface area contributed by atoms with Crippen LogP contribution in [-0.2, 0) is 23.2 Å². The molecule has 1 aromatic carbocycles. The maximum Gasteiger partial charge on any atom is 0.235 e. The first-order valence-corrected chi connectivity index (χ1v) is 11.7. The van der Waals surface area contributed by atoms with Gasteiger partial charge in [-0.15, -0.1) is 23.7 Å². The zero-order chi connectivity index (χ0) is 19.6. The van der Waals surface area contributed by atoms with Crippen LogP contribution in [-0.4, -0.2) is 23.9 Å². The van der Waals surface area contributed by atoms with Gasteiger partial charge in [-0.1, -0.05) is 56.0 Å². The molecule has 0 spiro atoms. The van der Waals surface area contributed by atoms with Crippen LogP contribution in [0.3, 0.4) is 0 Å². The van der Waals surface area contributed by atoms with Crippen molar-refractivity contribution in [3.63, 3.8) is 0 Å². The summed E-state index contributed by atoms with van der Waals surface area (Å²) in [5.74, 6) is 0.190. The summed E-state index contributed by atoms with van der Waals surface area (Å²) in [5.41, 5.74) is 3.31. The number of anilines is 1. The third-order valence-electron chi connectivity index (χ3n) is 6.47. The minimum atomic E-state index is -0.321. The van der Waals surface area contributed by atoms with Crippen molar-refractivity contribution >= 4 is 46.9 Å². The average Bonchev–Trinajstić information content (AvgIpc) is 3.20. The number of thiophene rings is 1. The molecule has 0 saturated heterocycles. The second kappa shape index (κ2) is 9.82. The Morgan fingerprint density at radius 3 is 2.83 bits per heavy atom. The highest BCUT2D eigenvalue weighted by Crippen LogP contribution is 2.43. The molecule has 1 amide bonds. The number of hydrogen-bond acceptors (Lipinski definition) is 3. The van der Waals surface area contributed by atoms with Gasteiger partial charge in [-0.25, -0.2) is 0 Å². The van der Waals surface area contributed by atoms with Gasteiger partial charge in [0, 0.05) is 23.7 Å². The van der Waals surface area contributed by atoms with E-state index in [4.69, 9.17) is 11.6 Å². The highest BCUT2D eigenvalue weighted by molar-refractivity contribution is 7.16. The third-order valence-corrected chi connectivity index (χ3v) is 7.84. The van der Waals surface area contributed by atoms with E-state index in [1.807, 2.05) is 18.2 Å². The number of benzene rings is 1. The van der Waals surface area contributed by atoms with Gasteiger partial charge in [0.05, 0.1) is 9.75 Å². The summed E-state index contributed by atoms with van der Waals surface area (Å²) < 4.78 is 0.925. The lowest BCUT2D eigenvalue weighted by Crippen LogP contribution is -2.33. The molecule has 2 aliphatic heterocycles. The molecule has 0 saturated carbocycles. The van der Waals surface area contributed by atoms with Gasteiger partial charge in [-0.05, 0) is 55.5 Å². The summed E-state index contributed by atoms with van der Waals surface area (Å²) in [6.45, 7) is 5.51. The lowest BCUT2D eigenvalue weighted by molar-refractivity contribution is -0.121. The van der Waals surface area contributed by atoms with Crippen LogP contribution in [0, 0.1) is 0 Å². The Bertz CT molecular complexity index is 853. The van der Waals surface area contributed by atoms with Gasteiger partial charge >= 0.3 is 0 Å². The van der Waals surface area contributed by atoms with Crippen LogP contribution in [0.25, 0.3) is 0 Å². The van der Waals surface area contributed by atoms with Crippen molar-refractivity contribution in [1.82, 2.24) is 4.90 Å². The van der Waals surface area contributed by atoms with E-state index in [2.05, 4.69) is 29.3 Å². The SMILES string of the molecule is CCC1(CCCCCCN2CCc3sc(Cl)cc3C2)C(=O)Nc2ccccc21.Cl. The molecular formula is C23H30Cl2N2OS. The zero-order valence-corrected chi connectivity index (χ0v) is 19.4. The number of rotatable bonds is 8. The van der Waals surface area contributed by atoms with Crippen molar-refractivity contribution in [1.29, 1.82) is 0 Å².